The molecule has 3 aromatic heterocycles. The minimum absolute atomic E-state index is 0.182. The van der Waals surface area contributed by atoms with E-state index in [4.69, 9.17) is 14.3 Å². The van der Waals surface area contributed by atoms with E-state index in [0.717, 1.165) is 65.7 Å². The number of carbonyl (C=O) groups excluding carboxylic acids is 1. The van der Waals surface area contributed by atoms with Crippen LogP contribution in [-0.2, 0) is 12.0 Å². The number of benzene rings is 2. The average Bonchev–Trinajstić information content (AvgIpc) is 3.82. The maximum Gasteiger partial charge on any atom is 0.320 e. The van der Waals surface area contributed by atoms with Crippen LogP contribution in [0.4, 0.5) is 16.6 Å². The van der Waals surface area contributed by atoms with E-state index in [1.807, 2.05) is 59.1 Å². The molecule has 2 amide bonds. The van der Waals surface area contributed by atoms with Crippen molar-refractivity contribution in [2.45, 2.75) is 148 Å². The van der Waals surface area contributed by atoms with Gasteiger partial charge in [0.05, 0.1) is 30.2 Å². The van der Waals surface area contributed by atoms with Crippen LogP contribution in [-0.4, -0.2) is 56.4 Å². The van der Waals surface area contributed by atoms with E-state index in [-0.39, 0.29) is 30.2 Å². The summed E-state index contributed by atoms with van der Waals surface area (Å²) in [5.74, 6) is 2.85. The Hall–Kier alpha value is -4.88. The molecule has 0 spiro atoms. The van der Waals surface area contributed by atoms with Crippen LogP contribution in [0.25, 0.3) is 11.3 Å². The fraction of sp³-hybridized carbons (Fsp3) is 0.522. The van der Waals surface area contributed by atoms with Crippen molar-refractivity contribution in [1.29, 1.82) is 0 Å². The number of urea groups is 1. The van der Waals surface area contributed by atoms with E-state index >= 15 is 0 Å². The first kappa shape index (κ1) is 42.2. The quantitative estimate of drug-likeness (QED) is 0.106. The number of nitrogens with one attached hydrogen (secondary N) is 2. The summed E-state index contributed by atoms with van der Waals surface area (Å²) in [4.78, 5) is 16.3. The van der Waals surface area contributed by atoms with Crippen molar-refractivity contribution in [3.8, 4) is 17.2 Å². The zero-order valence-corrected chi connectivity index (χ0v) is 37.6. The van der Waals surface area contributed by atoms with E-state index in [9.17, 15) is 9.90 Å². The number of fused-ring (bicyclic) bond motifs is 2. The molecule has 0 unspecified atom stereocenters. The molecule has 59 heavy (non-hydrogen) atoms. The van der Waals surface area contributed by atoms with Crippen LogP contribution in [0.3, 0.4) is 0 Å². The summed E-state index contributed by atoms with van der Waals surface area (Å²) in [5.41, 5.74) is 6.00. The number of aliphatic hydroxyl groups is 1. The Balaban J connectivity index is 1.10. The molecule has 12 nitrogen and oxygen atoms in total. The lowest BCUT2D eigenvalue weighted by Gasteiger charge is -2.42. The lowest BCUT2D eigenvalue weighted by atomic mass is 9.85. The monoisotopic (exact) mass is 820 g/mol. The molecule has 1 aliphatic heterocycles. The van der Waals surface area contributed by atoms with Gasteiger partial charge in [0.25, 0.3) is 8.32 Å². The molecular formula is C46H64N8O4Si. The van der Waals surface area contributed by atoms with Crippen molar-refractivity contribution >= 4 is 31.8 Å². The van der Waals surface area contributed by atoms with Crippen molar-refractivity contribution in [3.63, 3.8) is 0 Å². The molecule has 13 heteroatoms. The van der Waals surface area contributed by atoms with E-state index < -0.39 is 8.32 Å². The summed E-state index contributed by atoms with van der Waals surface area (Å²) >= 11 is 0. The number of nitrogens with zero attached hydrogens (tertiary/aromatic N) is 6. The minimum atomic E-state index is -2.27. The largest absolute Gasteiger partial charge is 0.542 e. The van der Waals surface area contributed by atoms with E-state index in [1.54, 1.807) is 4.68 Å². The Labute approximate surface area is 350 Å². The number of amides is 2. The molecule has 316 valence electrons. The highest BCUT2D eigenvalue weighted by Gasteiger charge is 2.47. The Morgan fingerprint density at radius 2 is 1.64 bits per heavy atom. The fourth-order valence-electron chi connectivity index (χ4n) is 9.52. The summed E-state index contributed by atoms with van der Waals surface area (Å²) in [7, 11) is -2.27. The van der Waals surface area contributed by atoms with Gasteiger partial charge in [-0.1, -0.05) is 86.6 Å². The highest BCUT2D eigenvalue weighted by molar-refractivity contribution is 6.78. The molecule has 1 fully saturated rings. The Morgan fingerprint density at radius 1 is 0.915 bits per heavy atom. The number of ether oxygens (including phenoxy) is 1. The van der Waals surface area contributed by atoms with Crippen molar-refractivity contribution < 1.29 is 19.1 Å². The first-order valence-electron chi connectivity index (χ1n) is 21.6. The van der Waals surface area contributed by atoms with Crippen LogP contribution < -0.4 is 24.7 Å². The van der Waals surface area contributed by atoms with Crippen LogP contribution in [0.2, 0.25) is 16.6 Å². The molecule has 1 saturated heterocycles. The normalized spacial score (nSPS) is 18.7. The van der Waals surface area contributed by atoms with Gasteiger partial charge in [-0.2, -0.15) is 5.10 Å². The topological polar surface area (TPSA) is 131 Å². The van der Waals surface area contributed by atoms with Crippen LogP contribution in [0.5, 0.6) is 11.5 Å². The van der Waals surface area contributed by atoms with Crippen LogP contribution in [0.1, 0.15) is 136 Å². The Bertz CT molecular complexity index is 2240. The first-order valence-corrected chi connectivity index (χ1v) is 23.7. The first-order chi connectivity index (χ1) is 28.1. The number of rotatable bonds is 12. The standard InChI is InChI=1S/C46H64N8O4Si/c1-29(2)59(30(3)4,31(5)6)58-39-21-18-34(25-33(39)28-55)54-43(26-41(51-54)46(8,9)10)48-44(56)47-38-20-22-40(37-17-12-11-16-36(37)38)57-35-19-23-42-49-50-45(53(42)27-35)52-24-14-13-15-32(52)7/h11-12,16-19,21,23,25-27,29-32,38,40,55H,13-15,20,22,24,28H2,1-10H3,(H2,47,48,56)/t32-,38-,40+/m0/s1. The minimum Gasteiger partial charge on any atom is -0.542 e. The number of piperidine rings is 1. The number of aliphatic hydroxyl groups excluding tert-OH is 1. The fourth-order valence-corrected chi connectivity index (χ4v) is 14.8. The van der Waals surface area contributed by atoms with Crippen molar-refractivity contribution in [3.05, 3.63) is 89.2 Å². The van der Waals surface area contributed by atoms with Crippen molar-refractivity contribution in [1.82, 2.24) is 29.7 Å². The molecule has 2 aliphatic rings. The molecule has 0 radical (unpaired) electrons. The van der Waals surface area contributed by atoms with E-state index in [1.165, 1.54) is 6.42 Å². The third-order valence-electron chi connectivity index (χ3n) is 12.6. The summed E-state index contributed by atoms with van der Waals surface area (Å²) in [6, 6.07) is 19.8. The van der Waals surface area contributed by atoms with Gasteiger partial charge in [-0.3, -0.25) is 9.72 Å². The molecule has 1 aliphatic carbocycles. The highest BCUT2D eigenvalue weighted by atomic mass is 28.4. The number of hydrogen-bond acceptors (Lipinski definition) is 8. The molecule has 5 aromatic rings. The van der Waals surface area contributed by atoms with Gasteiger partial charge in [0.1, 0.15) is 23.4 Å². The molecule has 3 N–H and O–H groups in total. The zero-order valence-electron chi connectivity index (χ0n) is 36.6. The van der Waals surface area contributed by atoms with E-state index in [0.29, 0.717) is 46.2 Å². The molecule has 0 saturated carbocycles. The Morgan fingerprint density at radius 3 is 2.32 bits per heavy atom. The maximum absolute atomic E-state index is 13.9. The van der Waals surface area contributed by atoms with Crippen molar-refractivity contribution in [2.24, 2.45) is 0 Å². The summed E-state index contributed by atoms with van der Waals surface area (Å²) in [5, 5.41) is 31.0. The third-order valence-corrected chi connectivity index (χ3v) is 18.6. The average molecular weight is 821 g/mol. The van der Waals surface area contributed by atoms with Crippen molar-refractivity contribution in [2.75, 3.05) is 16.8 Å². The molecule has 2 aromatic carbocycles. The van der Waals surface area contributed by atoms with Gasteiger partial charge in [0.15, 0.2) is 5.65 Å². The number of carbonyl (C=O) groups is 1. The lowest BCUT2D eigenvalue weighted by Crippen LogP contribution is -2.50. The summed E-state index contributed by atoms with van der Waals surface area (Å²) < 4.78 is 17.5. The maximum atomic E-state index is 13.9. The number of pyridine rings is 1. The van der Waals surface area contributed by atoms with Crippen LogP contribution in [0, 0.1) is 0 Å². The predicted molar refractivity (Wildman–Crippen MR) is 237 cm³/mol. The molecule has 4 heterocycles. The van der Waals surface area contributed by atoms with Gasteiger partial charge in [-0.15, -0.1) is 10.2 Å². The number of aromatic nitrogens is 5. The zero-order chi connectivity index (χ0) is 42.2. The molecule has 3 atom stereocenters. The smallest absolute Gasteiger partial charge is 0.320 e. The number of hydrogen-bond donors (Lipinski definition) is 3. The SMILES string of the molecule is CC(C)[Si](Oc1ccc(-n2nc(C(C)(C)C)cc2NC(=O)N[C@H]2CC[C@@H](Oc3ccc4nnc(N5CCCC[C@@H]5C)n4c3)c3ccccc32)cc1CO)(C(C)C)C(C)C. The highest BCUT2D eigenvalue weighted by Crippen LogP contribution is 2.44. The predicted octanol–water partition coefficient (Wildman–Crippen LogP) is 10.4. The van der Waals surface area contributed by atoms with Gasteiger partial charge in [-0.05, 0) is 97.1 Å². The summed E-state index contributed by atoms with van der Waals surface area (Å²) in [6.45, 7) is 22.9. The summed E-state index contributed by atoms with van der Waals surface area (Å²) in [6.07, 6.45) is 6.76. The number of anilines is 2. The Kier molecular flexibility index (Phi) is 12.2. The van der Waals surface area contributed by atoms with E-state index in [2.05, 4.69) is 107 Å². The van der Waals surface area contributed by atoms with Gasteiger partial charge < -0.3 is 24.5 Å². The van der Waals surface area contributed by atoms with Gasteiger partial charge in [0, 0.05) is 29.6 Å². The molecular weight excluding hydrogens is 757 g/mol. The van der Waals surface area contributed by atoms with Crippen LogP contribution >= 0.6 is 0 Å². The second-order valence-electron chi connectivity index (χ2n) is 18.5. The van der Waals surface area contributed by atoms with Crippen LogP contribution in [0.15, 0.2) is 66.9 Å². The molecule has 0 bridgehead atoms. The second-order valence-corrected chi connectivity index (χ2v) is 23.9. The second kappa shape index (κ2) is 17.0. The van der Waals surface area contributed by atoms with Gasteiger partial charge in [0.2, 0.25) is 5.95 Å². The lowest BCUT2D eigenvalue weighted by molar-refractivity contribution is 0.171. The van der Waals surface area contributed by atoms with Gasteiger partial charge >= 0.3 is 6.03 Å². The molecule has 7 rings (SSSR count). The van der Waals surface area contributed by atoms with Gasteiger partial charge in [-0.25, -0.2) is 9.48 Å². The third kappa shape index (κ3) is 8.46.